The van der Waals surface area contributed by atoms with Crippen LogP contribution in [0.15, 0.2) is 35.2 Å². The Labute approximate surface area is 157 Å². The van der Waals surface area contributed by atoms with E-state index < -0.39 is 6.10 Å². The summed E-state index contributed by atoms with van der Waals surface area (Å²) < 4.78 is 7.15. The number of rotatable bonds is 6. The molecule has 4 rings (SSSR count). The van der Waals surface area contributed by atoms with Crippen LogP contribution >= 0.6 is 11.8 Å². The zero-order valence-corrected chi connectivity index (χ0v) is 15.6. The molecule has 138 valence electrons. The van der Waals surface area contributed by atoms with Crippen molar-refractivity contribution in [1.82, 2.24) is 14.7 Å². The van der Waals surface area contributed by atoms with Crippen LogP contribution in [0.2, 0.25) is 0 Å². The number of aromatic nitrogens is 2. The zero-order chi connectivity index (χ0) is 18.1. The Balaban J connectivity index is 1.36. The normalized spacial score (nSPS) is 17.7. The smallest absolute Gasteiger partial charge is 0.233 e. The number of aliphatic hydroxyl groups is 1. The number of hydrogen-bond acceptors (Lipinski definition) is 5. The van der Waals surface area contributed by atoms with Crippen molar-refractivity contribution in [3.05, 3.63) is 41.7 Å². The zero-order valence-electron chi connectivity index (χ0n) is 14.8. The van der Waals surface area contributed by atoms with Gasteiger partial charge in [-0.1, -0.05) is 6.07 Å². The van der Waals surface area contributed by atoms with Gasteiger partial charge in [0.25, 0.3) is 0 Å². The highest BCUT2D eigenvalue weighted by molar-refractivity contribution is 8.00. The molecule has 0 spiro atoms. The van der Waals surface area contributed by atoms with E-state index >= 15 is 0 Å². The molecule has 7 heteroatoms. The second-order valence-corrected chi connectivity index (χ2v) is 7.90. The summed E-state index contributed by atoms with van der Waals surface area (Å²) in [6, 6.07) is 9.70. The Morgan fingerprint density at radius 3 is 3.00 bits per heavy atom. The van der Waals surface area contributed by atoms with E-state index in [0.29, 0.717) is 31.3 Å². The van der Waals surface area contributed by atoms with Gasteiger partial charge >= 0.3 is 0 Å². The average Bonchev–Trinajstić information content (AvgIpc) is 3.43. The summed E-state index contributed by atoms with van der Waals surface area (Å²) in [7, 11) is 1.64. The molecule has 2 aliphatic rings. The van der Waals surface area contributed by atoms with Gasteiger partial charge in [-0.05, 0) is 43.0 Å². The summed E-state index contributed by atoms with van der Waals surface area (Å²) in [5.41, 5.74) is 1.76. The van der Waals surface area contributed by atoms with Crippen molar-refractivity contribution in [1.29, 1.82) is 0 Å². The highest BCUT2D eigenvalue weighted by atomic mass is 32.2. The lowest BCUT2D eigenvalue weighted by Gasteiger charge is -2.27. The standard InChI is InChI=1S/C19H23N3O3S/c1-25-15-3-2-4-16(10-15)26-12-18(23)21-7-8-22-14(11-21)9-17(20-22)19(24)13-5-6-13/h2-4,9-10,13,19,24H,5-8,11-12H2,1H3. The highest BCUT2D eigenvalue weighted by Crippen LogP contribution is 2.40. The average molecular weight is 373 g/mol. The van der Waals surface area contributed by atoms with Crippen molar-refractivity contribution < 1.29 is 14.6 Å². The lowest BCUT2D eigenvalue weighted by molar-refractivity contribution is -0.129. The van der Waals surface area contributed by atoms with Crippen molar-refractivity contribution in [2.45, 2.75) is 36.9 Å². The summed E-state index contributed by atoms with van der Waals surface area (Å²) in [6.45, 7) is 1.90. The molecule has 1 aliphatic heterocycles. The number of thioether (sulfide) groups is 1. The Hall–Kier alpha value is -1.99. The molecule has 1 N–H and O–H groups in total. The van der Waals surface area contributed by atoms with E-state index in [4.69, 9.17) is 4.74 Å². The van der Waals surface area contributed by atoms with E-state index in [0.717, 1.165) is 34.9 Å². The fraction of sp³-hybridized carbons (Fsp3) is 0.474. The van der Waals surface area contributed by atoms with Gasteiger partial charge in [0, 0.05) is 11.4 Å². The molecule has 2 heterocycles. The summed E-state index contributed by atoms with van der Waals surface area (Å²) in [6.07, 6.45) is 1.70. The monoisotopic (exact) mass is 373 g/mol. The van der Waals surface area contributed by atoms with Crippen LogP contribution < -0.4 is 4.74 Å². The Kier molecular flexibility index (Phi) is 4.91. The molecular formula is C19H23N3O3S. The number of carbonyl (C=O) groups excluding carboxylic acids is 1. The number of amides is 1. The fourth-order valence-corrected chi connectivity index (χ4v) is 4.07. The fourth-order valence-electron chi connectivity index (χ4n) is 3.23. The van der Waals surface area contributed by atoms with E-state index in [2.05, 4.69) is 5.10 Å². The summed E-state index contributed by atoms with van der Waals surface area (Å²) in [4.78, 5) is 15.5. The molecule has 1 atom stereocenters. The second-order valence-electron chi connectivity index (χ2n) is 6.85. The largest absolute Gasteiger partial charge is 0.497 e. The lowest BCUT2D eigenvalue weighted by atomic mass is 10.1. The molecule has 1 unspecified atom stereocenters. The summed E-state index contributed by atoms with van der Waals surface area (Å²) in [5, 5.41) is 14.8. The molecule has 1 amide bonds. The molecule has 1 aliphatic carbocycles. The van der Waals surface area contributed by atoms with Crippen molar-refractivity contribution >= 4 is 17.7 Å². The van der Waals surface area contributed by atoms with Crippen LogP contribution in [0, 0.1) is 5.92 Å². The van der Waals surface area contributed by atoms with Gasteiger partial charge in [-0.15, -0.1) is 11.8 Å². The number of benzene rings is 1. The van der Waals surface area contributed by atoms with Crippen molar-refractivity contribution in [2.24, 2.45) is 5.92 Å². The highest BCUT2D eigenvalue weighted by Gasteiger charge is 2.33. The van der Waals surface area contributed by atoms with Gasteiger partial charge in [-0.25, -0.2) is 0 Å². The van der Waals surface area contributed by atoms with Crippen molar-refractivity contribution in [2.75, 3.05) is 19.4 Å². The molecule has 26 heavy (non-hydrogen) atoms. The van der Waals surface area contributed by atoms with E-state index in [9.17, 15) is 9.90 Å². The van der Waals surface area contributed by atoms with Crippen LogP contribution in [-0.2, 0) is 17.9 Å². The predicted molar refractivity (Wildman–Crippen MR) is 99.0 cm³/mol. The summed E-state index contributed by atoms with van der Waals surface area (Å²) in [5.74, 6) is 1.68. The minimum atomic E-state index is -0.458. The second kappa shape index (κ2) is 7.32. The molecular weight excluding hydrogens is 350 g/mol. The van der Waals surface area contributed by atoms with Crippen LogP contribution in [0.3, 0.4) is 0 Å². The van der Waals surface area contributed by atoms with Gasteiger partial charge in [-0.2, -0.15) is 5.10 Å². The maximum absolute atomic E-state index is 12.6. The van der Waals surface area contributed by atoms with Gasteiger partial charge in [0.05, 0.1) is 37.3 Å². The Bertz CT molecular complexity index is 803. The van der Waals surface area contributed by atoms with Crippen LogP contribution in [0.1, 0.15) is 30.3 Å². The van der Waals surface area contributed by atoms with Crippen LogP contribution in [-0.4, -0.2) is 45.1 Å². The SMILES string of the molecule is COc1cccc(SCC(=O)N2CCn3nc(C(O)C4CC4)cc3C2)c1. The first-order chi connectivity index (χ1) is 12.6. The maximum Gasteiger partial charge on any atom is 0.233 e. The van der Waals surface area contributed by atoms with Gasteiger partial charge in [-0.3, -0.25) is 9.48 Å². The minimum absolute atomic E-state index is 0.120. The van der Waals surface area contributed by atoms with Crippen LogP contribution in [0.4, 0.5) is 0 Å². The number of hydrogen-bond donors (Lipinski definition) is 1. The Morgan fingerprint density at radius 2 is 2.23 bits per heavy atom. The molecule has 1 aromatic heterocycles. The maximum atomic E-state index is 12.6. The number of ether oxygens (including phenoxy) is 1. The lowest BCUT2D eigenvalue weighted by Crippen LogP contribution is -2.39. The van der Waals surface area contributed by atoms with E-state index in [1.54, 1.807) is 7.11 Å². The van der Waals surface area contributed by atoms with Gasteiger partial charge in [0.2, 0.25) is 5.91 Å². The van der Waals surface area contributed by atoms with Gasteiger partial charge < -0.3 is 14.7 Å². The van der Waals surface area contributed by atoms with Gasteiger partial charge in [0.15, 0.2) is 0 Å². The Morgan fingerprint density at radius 1 is 1.38 bits per heavy atom. The molecule has 1 aromatic carbocycles. The number of carbonyl (C=O) groups is 1. The third-order valence-corrected chi connectivity index (χ3v) is 5.92. The van der Waals surface area contributed by atoms with Gasteiger partial charge in [0.1, 0.15) is 11.9 Å². The molecule has 6 nitrogen and oxygen atoms in total. The molecule has 1 fully saturated rings. The number of fused-ring (bicyclic) bond motifs is 1. The molecule has 2 aromatic rings. The first-order valence-electron chi connectivity index (χ1n) is 8.93. The van der Waals surface area contributed by atoms with Crippen LogP contribution in [0.5, 0.6) is 5.75 Å². The molecule has 0 bridgehead atoms. The topological polar surface area (TPSA) is 67.6 Å². The van der Waals surface area contributed by atoms with E-state index in [1.807, 2.05) is 39.9 Å². The predicted octanol–water partition coefficient (Wildman–Crippen LogP) is 2.47. The molecule has 1 saturated carbocycles. The quantitative estimate of drug-likeness (QED) is 0.788. The third kappa shape index (κ3) is 3.73. The first-order valence-corrected chi connectivity index (χ1v) is 9.92. The number of nitrogens with zero attached hydrogens (tertiary/aromatic N) is 3. The van der Waals surface area contributed by atoms with E-state index in [-0.39, 0.29) is 5.91 Å². The van der Waals surface area contributed by atoms with E-state index in [1.165, 1.54) is 11.8 Å². The summed E-state index contributed by atoms with van der Waals surface area (Å²) >= 11 is 1.52. The first kappa shape index (κ1) is 17.4. The van der Waals surface area contributed by atoms with Crippen LogP contribution in [0.25, 0.3) is 0 Å². The minimum Gasteiger partial charge on any atom is -0.497 e. The third-order valence-electron chi connectivity index (χ3n) is 4.94. The molecule has 0 radical (unpaired) electrons. The molecule has 0 saturated heterocycles. The number of aliphatic hydroxyl groups excluding tert-OH is 1. The number of methoxy groups -OCH3 is 1. The van der Waals surface area contributed by atoms with Crippen molar-refractivity contribution in [3.63, 3.8) is 0 Å². The van der Waals surface area contributed by atoms with Crippen molar-refractivity contribution in [3.8, 4) is 5.75 Å².